The van der Waals surface area contributed by atoms with Crippen molar-refractivity contribution in [3.05, 3.63) is 0 Å². The number of nitrogens with one attached hydrogen (secondary N) is 2. The zero-order chi connectivity index (χ0) is 13.1. The highest BCUT2D eigenvalue weighted by Gasteiger charge is 2.49. The zero-order valence-electron chi connectivity index (χ0n) is 11.7. The average molecular weight is 266 g/mol. The van der Waals surface area contributed by atoms with Crippen LogP contribution < -0.4 is 10.6 Å². The van der Waals surface area contributed by atoms with Gasteiger partial charge >= 0.3 is 0 Å². The van der Waals surface area contributed by atoms with E-state index in [1.54, 1.807) is 0 Å². The summed E-state index contributed by atoms with van der Waals surface area (Å²) in [5.74, 6) is 0.824. The number of hydrogen-bond acceptors (Lipinski definition) is 3. The minimum atomic E-state index is -0.118. The second-order valence-corrected chi connectivity index (χ2v) is 6.43. The van der Waals surface area contributed by atoms with Gasteiger partial charge in [-0.2, -0.15) is 0 Å². The Morgan fingerprint density at radius 1 is 1.26 bits per heavy atom. The molecule has 2 aliphatic heterocycles. The average Bonchev–Trinajstić information content (AvgIpc) is 2.91. The molecule has 2 N–H and O–H groups in total. The fourth-order valence-electron chi connectivity index (χ4n) is 4.04. The van der Waals surface area contributed by atoms with Crippen LogP contribution in [0, 0.1) is 11.3 Å². The van der Waals surface area contributed by atoms with Crippen molar-refractivity contribution in [3.8, 4) is 0 Å². The van der Waals surface area contributed by atoms with Gasteiger partial charge in [-0.25, -0.2) is 0 Å². The molecule has 0 aromatic rings. The minimum Gasteiger partial charge on any atom is -0.376 e. The van der Waals surface area contributed by atoms with Crippen LogP contribution in [0.4, 0.5) is 0 Å². The van der Waals surface area contributed by atoms with E-state index in [1.807, 2.05) is 0 Å². The first kappa shape index (κ1) is 13.4. The van der Waals surface area contributed by atoms with Crippen molar-refractivity contribution in [2.24, 2.45) is 11.3 Å². The lowest BCUT2D eigenvalue weighted by Gasteiger charge is -2.37. The standard InChI is InChI=1S/C15H26N2O2/c18-14(17-10-13-6-2-4-8-19-13)15-7-3-1-5-12(15)9-16-11-15/h12-13,16H,1-11H2,(H,17,18)/t12-,13?,15+/m0/s1. The number of fused-ring (bicyclic) bond motifs is 1. The fraction of sp³-hybridized carbons (Fsp3) is 0.933. The molecule has 1 unspecified atom stereocenters. The van der Waals surface area contributed by atoms with Gasteiger partial charge in [0.15, 0.2) is 0 Å². The number of hydrogen-bond donors (Lipinski definition) is 2. The lowest BCUT2D eigenvalue weighted by molar-refractivity contribution is -0.134. The van der Waals surface area contributed by atoms with Crippen molar-refractivity contribution < 1.29 is 9.53 Å². The van der Waals surface area contributed by atoms with Gasteiger partial charge in [0.25, 0.3) is 0 Å². The maximum atomic E-state index is 12.6. The molecule has 0 spiro atoms. The van der Waals surface area contributed by atoms with Crippen LogP contribution in [-0.2, 0) is 9.53 Å². The summed E-state index contributed by atoms with van der Waals surface area (Å²) < 4.78 is 5.69. The Hall–Kier alpha value is -0.610. The first-order valence-electron chi connectivity index (χ1n) is 7.92. The summed E-state index contributed by atoms with van der Waals surface area (Å²) >= 11 is 0. The van der Waals surface area contributed by atoms with Gasteiger partial charge in [0.2, 0.25) is 5.91 Å². The van der Waals surface area contributed by atoms with Gasteiger partial charge in [0.05, 0.1) is 11.5 Å². The van der Waals surface area contributed by atoms with Gasteiger partial charge in [-0.05, 0) is 44.6 Å². The summed E-state index contributed by atoms with van der Waals surface area (Å²) in [5.41, 5.74) is -0.118. The molecule has 2 saturated heterocycles. The van der Waals surface area contributed by atoms with Gasteiger partial charge < -0.3 is 15.4 Å². The molecule has 1 saturated carbocycles. The second-order valence-electron chi connectivity index (χ2n) is 6.43. The molecule has 3 rings (SSSR count). The van der Waals surface area contributed by atoms with Gasteiger partial charge in [0, 0.05) is 19.7 Å². The van der Waals surface area contributed by atoms with E-state index < -0.39 is 0 Å². The van der Waals surface area contributed by atoms with E-state index in [-0.39, 0.29) is 17.4 Å². The van der Waals surface area contributed by atoms with Crippen molar-refractivity contribution in [2.45, 2.75) is 51.0 Å². The van der Waals surface area contributed by atoms with E-state index in [1.165, 1.54) is 32.1 Å². The predicted molar refractivity (Wildman–Crippen MR) is 73.9 cm³/mol. The molecule has 4 nitrogen and oxygen atoms in total. The maximum absolute atomic E-state index is 12.6. The summed E-state index contributed by atoms with van der Waals surface area (Å²) in [6, 6.07) is 0. The van der Waals surface area contributed by atoms with Crippen molar-refractivity contribution in [3.63, 3.8) is 0 Å². The van der Waals surface area contributed by atoms with Crippen LogP contribution in [0.25, 0.3) is 0 Å². The monoisotopic (exact) mass is 266 g/mol. The van der Waals surface area contributed by atoms with E-state index >= 15 is 0 Å². The Labute approximate surface area is 115 Å². The molecule has 0 bridgehead atoms. The number of rotatable bonds is 3. The molecule has 19 heavy (non-hydrogen) atoms. The van der Waals surface area contributed by atoms with E-state index in [0.29, 0.717) is 12.5 Å². The molecule has 4 heteroatoms. The topological polar surface area (TPSA) is 50.4 Å². The van der Waals surface area contributed by atoms with Crippen molar-refractivity contribution in [2.75, 3.05) is 26.2 Å². The highest BCUT2D eigenvalue weighted by atomic mass is 16.5. The number of ether oxygens (including phenoxy) is 1. The van der Waals surface area contributed by atoms with Crippen LogP contribution >= 0.6 is 0 Å². The number of carbonyl (C=O) groups excluding carboxylic acids is 1. The zero-order valence-corrected chi connectivity index (χ0v) is 11.7. The summed E-state index contributed by atoms with van der Waals surface area (Å²) in [4.78, 5) is 12.6. The molecule has 0 aromatic heterocycles. The largest absolute Gasteiger partial charge is 0.376 e. The molecule has 2 heterocycles. The Kier molecular flexibility index (Phi) is 4.08. The first-order chi connectivity index (χ1) is 9.31. The summed E-state index contributed by atoms with van der Waals surface area (Å²) in [5, 5.41) is 6.61. The molecule has 3 fully saturated rings. The maximum Gasteiger partial charge on any atom is 0.227 e. The Balaban J connectivity index is 1.56. The van der Waals surface area contributed by atoms with Gasteiger partial charge in [0.1, 0.15) is 0 Å². The molecule has 0 aromatic carbocycles. The Morgan fingerprint density at radius 3 is 3.00 bits per heavy atom. The number of carbonyl (C=O) groups is 1. The highest BCUT2D eigenvalue weighted by molar-refractivity contribution is 5.83. The molecule has 3 atom stereocenters. The molecular weight excluding hydrogens is 240 g/mol. The molecule has 108 valence electrons. The van der Waals surface area contributed by atoms with Crippen molar-refractivity contribution >= 4 is 5.91 Å². The van der Waals surface area contributed by atoms with Gasteiger partial charge in [-0.3, -0.25) is 4.79 Å². The lowest BCUT2D eigenvalue weighted by atomic mass is 9.67. The first-order valence-corrected chi connectivity index (χ1v) is 7.92. The third-order valence-corrected chi connectivity index (χ3v) is 5.25. The van der Waals surface area contributed by atoms with E-state index in [4.69, 9.17) is 4.74 Å². The Morgan fingerprint density at radius 2 is 2.16 bits per heavy atom. The SMILES string of the molecule is O=C(NCC1CCCCO1)[C@@]12CCCC[C@H]1CNC2. The molecule has 1 amide bonds. The van der Waals surface area contributed by atoms with Crippen LogP contribution in [-0.4, -0.2) is 38.3 Å². The van der Waals surface area contributed by atoms with E-state index in [2.05, 4.69) is 10.6 Å². The quantitative estimate of drug-likeness (QED) is 0.813. The third-order valence-electron chi connectivity index (χ3n) is 5.25. The van der Waals surface area contributed by atoms with Crippen LogP contribution in [0.15, 0.2) is 0 Å². The van der Waals surface area contributed by atoms with Crippen LogP contribution in [0.3, 0.4) is 0 Å². The highest BCUT2D eigenvalue weighted by Crippen LogP contribution is 2.43. The van der Waals surface area contributed by atoms with E-state index in [0.717, 1.165) is 32.5 Å². The van der Waals surface area contributed by atoms with Crippen LogP contribution in [0.1, 0.15) is 44.9 Å². The lowest BCUT2D eigenvalue weighted by Crippen LogP contribution is -2.49. The number of amides is 1. The minimum absolute atomic E-state index is 0.118. The molecule has 3 aliphatic rings. The van der Waals surface area contributed by atoms with Crippen molar-refractivity contribution in [1.29, 1.82) is 0 Å². The third kappa shape index (κ3) is 2.65. The Bertz CT molecular complexity index is 328. The summed E-state index contributed by atoms with van der Waals surface area (Å²) in [6.45, 7) is 3.45. The normalized spacial score (nSPS) is 38.7. The van der Waals surface area contributed by atoms with Crippen molar-refractivity contribution in [1.82, 2.24) is 10.6 Å². The smallest absolute Gasteiger partial charge is 0.227 e. The summed E-state index contributed by atoms with van der Waals surface area (Å²) in [6.07, 6.45) is 8.48. The van der Waals surface area contributed by atoms with Crippen LogP contribution in [0.2, 0.25) is 0 Å². The van der Waals surface area contributed by atoms with Gasteiger partial charge in [-0.1, -0.05) is 12.8 Å². The molecule has 0 radical (unpaired) electrons. The second kappa shape index (κ2) is 5.80. The van der Waals surface area contributed by atoms with Crippen LogP contribution in [0.5, 0.6) is 0 Å². The molecular formula is C15H26N2O2. The fourth-order valence-corrected chi connectivity index (χ4v) is 4.04. The van der Waals surface area contributed by atoms with E-state index in [9.17, 15) is 4.79 Å². The molecule has 1 aliphatic carbocycles. The van der Waals surface area contributed by atoms with Gasteiger partial charge in [-0.15, -0.1) is 0 Å². The summed E-state index contributed by atoms with van der Waals surface area (Å²) in [7, 11) is 0. The predicted octanol–water partition coefficient (Wildman–Crippen LogP) is 1.45.